The number of ether oxygens (including phenoxy) is 1. The summed E-state index contributed by atoms with van der Waals surface area (Å²) in [5, 5.41) is 2.34. The second kappa shape index (κ2) is 5.20. The Morgan fingerprint density at radius 1 is 1.41 bits per heavy atom. The molecule has 0 saturated heterocycles. The molecule has 2 heterocycles. The van der Waals surface area contributed by atoms with Crippen LogP contribution in [-0.2, 0) is 0 Å². The largest absolute Gasteiger partial charge is 0.412 e. The summed E-state index contributed by atoms with van der Waals surface area (Å²) >= 11 is 0. The van der Waals surface area contributed by atoms with E-state index in [2.05, 4.69) is 20.3 Å². The maximum absolute atomic E-state index is 12.1. The van der Waals surface area contributed by atoms with Crippen molar-refractivity contribution >= 4 is 23.1 Å². The highest BCUT2D eigenvalue weighted by atomic mass is 16.5. The number of fused-ring (bicyclic) bond motifs is 1. The fourth-order valence-corrected chi connectivity index (χ4v) is 2.02. The number of aromatic nitrogens is 4. The van der Waals surface area contributed by atoms with Crippen molar-refractivity contribution in [1.29, 1.82) is 0 Å². The van der Waals surface area contributed by atoms with E-state index in [1.807, 2.05) is 0 Å². The van der Waals surface area contributed by atoms with Crippen molar-refractivity contribution in [2.75, 3.05) is 12.8 Å². The Kier molecular flexibility index (Phi) is 3.22. The summed E-state index contributed by atoms with van der Waals surface area (Å²) in [6.45, 7) is 0. The molecule has 0 atom stereocenters. The van der Waals surface area contributed by atoms with Gasteiger partial charge in [-0.25, -0.2) is 24.1 Å². The van der Waals surface area contributed by atoms with Gasteiger partial charge in [-0.3, -0.25) is 0 Å². The fourth-order valence-electron chi connectivity index (χ4n) is 2.02. The van der Waals surface area contributed by atoms with Gasteiger partial charge in [0.15, 0.2) is 11.5 Å². The van der Waals surface area contributed by atoms with E-state index in [-0.39, 0.29) is 5.82 Å². The van der Waals surface area contributed by atoms with Gasteiger partial charge in [0.05, 0.1) is 5.69 Å². The van der Waals surface area contributed by atoms with E-state index >= 15 is 0 Å². The first kappa shape index (κ1) is 13.6. The monoisotopic (exact) mass is 300 g/mol. The Morgan fingerprint density at radius 2 is 2.23 bits per heavy atom. The molecule has 0 aliphatic heterocycles. The zero-order chi connectivity index (χ0) is 15.7. The average molecular weight is 300 g/mol. The number of rotatable bonds is 2. The number of hydrogen-bond donors (Lipinski definition) is 3. The number of nitrogens with two attached hydrogens (primary N) is 1. The molecule has 3 rings (SSSR count). The Morgan fingerprint density at radius 3 is 3.00 bits per heavy atom. The van der Waals surface area contributed by atoms with Crippen LogP contribution in [0.1, 0.15) is 0 Å². The molecule has 0 bridgehead atoms. The summed E-state index contributed by atoms with van der Waals surface area (Å²) in [5.41, 5.74) is 6.48. The molecule has 0 spiro atoms. The number of anilines is 1. The maximum atomic E-state index is 12.1. The lowest BCUT2D eigenvalue weighted by atomic mass is 10.3. The van der Waals surface area contributed by atoms with Crippen LogP contribution in [-0.4, -0.2) is 32.7 Å². The maximum Gasteiger partial charge on any atom is 0.412 e. The zero-order valence-electron chi connectivity index (χ0n) is 11.5. The summed E-state index contributed by atoms with van der Waals surface area (Å²) in [6.07, 6.45) is 0.668. The molecule has 0 aliphatic rings. The van der Waals surface area contributed by atoms with Gasteiger partial charge in [-0.1, -0.05) is 6.07 Å². The quantitative estimate of drug-likeness (QED) is 0.629. The molecule has 0 aliphatic carbocycles. The first-order valence-corrected chi connectivity index (χ1v) is 6.31. The lowest BCUT2D eigenvalue weighted by Gasteiger charge is -2.06. The van der Waals surface area contributed by atoms with Gasteiger partial charge in [-0.2, -0.15) is 0 Å². The van der Waals surface area contributed by atoms with Gasteiger partial charge in [0, 0.05) is 13.1 Å². The van der Waals surface area contributed by atoms with Crippen LogP contribution in [0.25, 0.3) is 16.9 Å². The number of H-pyrrole nitrogens is 1. The van der Waals surface area contributed by atoms with Gasteiger partial charge >= 0.3 is 11.8 Å². The van der Waals surface area contributed by atoms with Crippen molar-refractivity contribution in [3.05, 3.63) is 41.1 Å². The van der Waals surface area contributed by atoms with Gasteiger partial charge < -0.3 is 20.8 Å². The molecule has 4 N–H and O–H groups in total. The first-order chi connectivity index (χ1) is 10.6. The number of carbonyl (C=O) groups is 1. The molecule has 0 unspecified atom stereocenters. The molecular weight excluding hydrogens is 288 g/mol. The summed E-state index contributed by atoms with van der Waals surface area (Å²) in [7, 11) is 1.45. The summed E-state index contributed by atoms with van der Waals surface area (Å²) in [6, 6.07) is 6.48. The second-order valence-corrected chi connectivity index (χ2v) is 4.36. The molecule has 22 heavy (non-hydrogen) atoms. The Hall–Kier alpha value is -3.36. The van der Waals surface area contributed by atoms with Crippen LogP contribution in [0.4, 0.5) is 10.6 Å². The molecule has 112 valence electrons. The van der Waals surface area contributed by atoms with Crippen molar-refractivity contribution in [3.8, 4) is 11.4 Å². The fraction of sp³-hybridized carbons (Fsp3) is 0.0769. The molecule has 0 saturated carbocycles. The van der Waals surface area contributed by atoms with Crippen molar-refractivity contribution in [1.82, 2.24) is 24.8 Å². The smallest absolute Gasteiger partial charge is 0.410 e. The van der Waals surface area contributed by atoms with Gasteiger partial charge in [0.2, 0.25) is 0 Å². The normalized spacial score (nSPS) is 10.6. The third kappa shape index (κ3) is 2.24. The van der Waals surface area contributed by atoms with E-state index in [1.54, 1.807) is 24.3 Å². The van der Waals surface area contributed by atoms with Crippen molar-refractivity contribution in [3.63, 3.8) is 0 Å². The number of carbonyl (C=O) groups excluding carboxylic acids is 1. The summed E-state index contributed by atoms with van der Waals surface area (Å²) in [5.74, 6) is 0.471. The van der Waals surface area contributed by atoms with Gasteiger partial charge in [0.25, 0.3) is 0 Å². The molecule has 2 aromatic heterocycles. The minimum Gasteiger partial charge on any atom is -0.410 e. The van der Waals surface area contributed by atoms with Crippen molar-refractivity contribution in [2.45, 2.75) is 0 Å². The molecule has 9 heteroatoms. The Bertz CT molecular complexity index is 914. The van der Waals surface area contributed by atoms with Crippen LogP contribution in [0.15, 0.2) is 35.4 Å². The topological polar surface area (TPSA) is 128 Å². The SMILES string of the molecule is CNC(=O)Oc1cccc(-n2c(=O)[nH]c3c(N)ncnc32)c1. The highest BCUT2D eigenvalue weighted by molar-refractivity contribution is 5.82. The van der Waals surface area contributed by atoms with Gasteiger partial charge in [-0.15, -0.1) is 0 Å². The summed E-state index contributed by atoms with van der Waals surface area (Å²) < 4.78 is 6.37. The summed E-state index contributed by atoms with van der Waals surface area (Å²) in [4.78, 5) is 33.9. The lowest BCUT2D eigenvalue weighted by molar-refractivity contribution is 0.203. The number of nitrogens with zero attached hydrogens (tertiary/aromatic N) is 3. The number of hydrogen-bond acceptors (Lipinski definition) is 6. The molecule has 1 amide bonds. The van der Waals surface area contributed by atoms with Crippen LogP contribution in [0.2, 0.25) is 0 Å². The number of nitrogens with one attached hydrogen (secondary N) is 2. The third-order valence-corrected chi connectivity index (χ3v) is 2.99. The predicted octanol–water partition coefficient (Wildman–Crippen LogP) is 0.409. The molecule has 1 aromatic carbocycles. The molecule has 0 fully saturated rings. The van der Waals surface area contributed by atoms with Crippen LogP contribution >= 0.6 is 0 Å². The van der Waals surface area contributed by atoms with Crippen LogP contribution in [0, 0.1) is 0 Å². The van der Waals surface area contributed by atoms with E-state index in [9.17, 15) is 9.59 Å². The van der Waals surface area contributed by atoms with E-state index in [0.29, 0.717) is 22.6 Å². The standard InChI is InChI=1S/C13H12N6O3/c1-15-13(21)22-8-4-2-3-7(5-8)19-11-9(18-12(19)20)10(14)16-6-17-11/h2-6H,1H3,(H,15,21)(H,18,20)(H2,14,16,17). The zero-order valence-corrected chi connectivity index (χ0v) is 11.5. The molecule has 3 aromatic rings. The predicted molar refractivity (Wildman–Crippen MR) is 79.0 cm³/mol. The number of imidazole rings is 1. The van der Waals surface area contributed by atoms with Crippen LogP contribution < -0.4 is 21.5 Å². The van der Waals surface area contributed by atoms with E-state index in [0.717, 1.165) is 0 Å². The van der Waals surface area contributed by atoms with E-state index in [1.165, 1.54) is 17.9 Å². The second-order valence-electron chi connectivity index (χ2n) is 4.36. The van der Waals surface area contributed by atoms with E-state index in [4.69, 9.17) is 10.5 Å². The van der Waals surface area contributed by atoms with E-state index < -0.39 is 11.8 Å². The van der Waals surface area contributed by atoms with Gasteiger partial charge in [0.1, 0.15) is 17.6 Å². The minimum atomic E-state index is -0.602. The minimum absolute atomic E-state index is 0.179. The number of aromatic amines is 1. The lowest BCUT2D eigenvalue weighted by Crippen LogP contribution is -2.22. The molecule has 0 radical (unpaired) electrons. The first-order valence-electron chi connectivity index (χ1n) is 6.31. The van der Waals surface area contributed by atoms with Crippen molar-refractivity contribution in [2.24, 2.45) is 0 Å². The van der Waals surface area contributed by atoms with Crippen molar-refractivity contribution < 1.29 is 9.53 Å². The number of nitrogen functional groups attached to an aromatic ring is 1. The molecule has 9 nitrogen and oxygen atoms in total. The highest BCUT2D eigenvalue weighted by Gasteiger charge is 2.13. The highest BCUT2D eigenvalue weighted by Crippen LogP contribution is 2.20. The number of benzene rings is 1. The molecular formula is C13H12N6O3. The van der Waals surface area contributed by atoms with Gasteiger partial charge in [-0.05, 0) is 12.1 Å². The Labute approximate surface area is 123 Å². The average Bonchev–Trinajstić information content (AvgIpc) is 2.85. The number of amides is 1. The van der Waals surface area contributed by atoms with Crippen LogP contribution in [0.5, 0.6) is 5.75 Å². The third-order valence-electron chi connectivity index (χ3n) is 2.99. The van der Waals surface area contributed by atoms with Crippen LogP contribution in [0.3, 0.4) is 0 Å². The Balaban J connectivity index is 2.14.